The Kier molecular flexibility index (Phi) is 4.20. The first kappa shape index (κ1) is 12.6. The van der Waals surface area contributed by atoms with Crippen LogP contribution in [0.2, 0.25) is 0 Å². The third-order valence-electron chi connectivity index (χ3n) is 2.80. The molecular formula is C11H14BrNO4. The lowest BCUT2D eigenvalue weighted by molar-refractivity contribution is -0.140. The predicted molar refractivity (Wildman–Crippen MR) is 63.7 cm³/mol. The molecule has 0 amide bonds. The molecule has 17 heavy (non-hydrogen) atoms. The molecule has 1 atom stereocenters. The highest BCUT2D eigenvalue weighted by Gasteiger charge is 2.26. The van der Waals surface area contributed by atoms with Crippen LogP contribution in [0.1, 0.15) is 12.2 Å². The number of halogens is 1. The summed E-state index contributed by atoms with van der Waals surface area (Å²) in [6, 6.07) is 1.75. The van der Waals surface area contributed by atoms with E-state index in [2.05, 4.69) is 20.8 Å². The summed E-state index contributed by atoms with van der Waals surface area (Å²) < 4.78 is 11.6. The number of ether oxygens (including phenoxy) is 1. The number of rotatable bonds is 4. The molecule has 1 aromatic rings. The van der Waals surface area contributed by atoms with Gasteiger partial charge in [0.25, 0.3) is 0 Å². The fourth-order valence-corrected chi connectivity index (χ4v) is 2.24. The number of furan rings is 1. The highest BCUT2D eigenvalue weighted by molar-refractivity contribution is 9.10. The summed E-state index contributed by atoms with van der Waals surface area (Å²) in [7, 11) is 0. The van der Waals surface area contributed by atoms with Crippen molar-refractivity contribution in [1.82, 2.24) is 4.90 Å². The van der Waals surface area contributed by atoms with Gasteiger partial charge in [-0.25, -0.2) is 0 Å². The summed E-state index contributed by atoms with van der Waals surface area (Å²) in [6.45, 7) is 2.43. The molecule has 0 aromatic carbocycles. The Balaban J connectivity index is 2.01. The molecule has 0 spiro atoms. The van der Waals surface area contributed by atoms with Gasteiger partial charge in [0.05, 0.1) is 36.9 Å². The smallest absolute Gasteiger partial charge is 0.305 e. The zero-order valence-electron chi connectivity index (χ0n) is 9.26. The number of hydrogen-bond acceptors (Lipinski definition) is 4. The number of hydrogen-bond donors (Lipinski definition) is 1. The van der Waals surface area contributed by atoms with Crippen LogP contribution in [-0.4, -0.2) is 41.8 Å². The average molecular weight is 304 g/mol. The first-order valence-electron chi connectivity index (χ1n) is 5.42. The normalized spacial score (nSPS) is 21.6. The van der Waals surface area contributed by atoms with Crippen LogP contribution in [0.25, 0.3) is 0 Å². The van der Waals surface area contributed by atoms with Gasteiger partial charge in [0.1, 0.15) is 5.76 Å². The summed E-state index contributed by atoms with van der Waals surface area (Å²) in [5.41, 5.74) is 0. The standard InChI is InChI=1S/C11H14BrNO4/c12-9-1-3-17-10(9)6-13-2-4-16-7-8(13)5-11(14)15/h1,3,8H,2,4-7H2,(H,14,15). The van der Waals surface area contributed by atoms with Gasteiger partial charge in [-0.15, -0.1) is 0 Å². The molecule has 1 unspecified atom stereocenters. The minimum atomic E-state index is -0.802. The maximum atomic E-state index is 10.8. The Hall–Kier alpha value is -0.850. The maximum absolute atomic E-state index is 10.8. The molecule has 0 radical (unpaired) electrons. The Morgan fingerprint density at radius 1 is 1.65 bits per heavy atom. The monoisotopic (exact) mass is 303 g/mol. The molecule has 6 heteroatoms. The molecule has 94 valence electrons. The van der Waals surface area contributed by atoms with Gasteiger partial charge in [-0.1, -0.05) is 0 Å². The molecule has 5 nitrogen and oxygen atoms in total. The van der Waals surface area contributed by atoms with Crippen LogP contribution in [0.3, 0.4) is 0 Å². The van der Waals surface area contributed by atoms with Crippen LogP contribution in [0.4, 0.5) is 0 Å². The van der Waals surface area contributed by atoms with Crippen LogP contribution in [0.5, 0.6) is 0 Å². The SMILES string of the molecule is O=C(O)CC1COCCN1Cc1occc1Br. The molecule has 1 aromatic heterocycles. The lowest BCUT2D eigenvalue weighted by Gasteiger charge is -2.34. The van der Waals surface area contributed by atoms with Crippen molar-refractivity contribution < 1.29 is 19.1 Å². The number of carboxylic acids is 1. The summed E-state index contributed by atoms with van der Waals surface area (Å²) in [5, 5.41) is 8.85. The minimum absolute atomic E-state index is 0.0850. The van der Waals surface area contributed by atoms with Crippen molar-refractivity contribution in [2.24, 2.45) is 0 Å². The highest BCUT2D eigenvalue weighted by Crippen LogP contribution is 2.22. The van der Waals surface area contributed by atoms with E-state index in [0.717, 1.165) is 16.8 Å². The van der Waals surface area contributed by atoms with Gasteiger partial charge in [-0.2, -0.15) is 0 Å². The molecule has 1 saturated heterocycles. The zero-order valence-corrected chi connectivity index (χ0v) is 10.9. The van der Waals surface area contributed by atoms with Gasteiger partial charge in [-0.3, -0.25) is 9.69 Å². The van der Waals surface area contributed by atoms with E-state index in [1.807, 2.05) is 6.07 Å². The Bertz CT molecular complexity index is 393. The summed E-state index contributed by atoms with van der Waals surface area (Å²) in [4.78, 5) is 12.9. The van der Waals surface area contributed by atoms with E-state index >= 15 is 0 Å². The molecule has 1 aliphatic heterocycles. The van der Waals surface area contributed by atoms with Crippen molar-refractivity contribution in [3.8, 4) is 0 Å². The number of morpholine rings is 1. The summed E-state index contributed by atoms with van der Waals surface area (Å²) in [5.74, 6) is 0.0197. The second kappa shape index (κ2) is 5.66. The van der Waals surface area contributed by atoms with Gasteiger partial charge in [0.2, 0.25) is 0 Å². The second-order valence-electron chi connectivity index (χ2n) is 3.99. The van der Waals surface area contributed by atoms with Gasteiger partial charge in [0, 0.05) is 12.6 Å². The fourth-order valence-electron chi connectivity index (χ4n) is 1.91. The van der Waals surface area contributed by atoms with Crippen molar-refractivity contribution in [3.05, 3.63) is 22.6 Å². The first-order valence-corrected chi connectivity index (χ1v) is 6.21. The van der Waals surface area contributed by atoms with Crippen molar-refractivity contribution in [2.75, 3.05) is 19.8 Å². The maximum Gasteiger partial charge on any atom is 0.305 e. The summed E-state index contributed by atoms with van der Waals surface area (Å²) >= 11 is 3.40. The highest BCUT2D eigenvalue weighted by atomic mass is 79.9. The molecule has 0 bridgehead atoms. The number of aliphatic carboxylic acids is 1. The minimum Gasteiger partial charge on any atom is -0.481 e. The van der Waals surface area contributed by atoms with Crippen LogP contribution in [0.15, 0.2) is 21.2 Å². The van der Waals surface area contributed by atoms with Crippen LogP contribution < -0.4 is 0 Å². The summed E-state index contributed by atoms with van der Waals surface area (Å²) in [6.07, 6.45) is 1.71. The molecule has 1 fully saturated rings. The van der Waals surface area contributed by atoms with Crippen molar-refractivity contribution >= 4 is 21.9 Å². The van der Waals surface area contributed by atoms with Crippen molar-refractivity contribution in [2.45, 2.75) is 19.0 Å². The van der Waals surface area contributed by atoms with Crippen molar-refractivity contribution in [3.63, 3.8) is 0 Å². The third kappa shape index (κ3) is 3.31. The largest absolute Gasteiger partial charge is 0.481 e. The quantitative estimate of drug-likeness (QED) is 0.917. The lowest BCUT2D eigenvalue weighted by Crippen LogP contribution is -2.45. The van der Waals surface area contributed by atoms with E-state index in [-0.39, 0.29) is 12.5 Å². The van der Waals surface area contributed by atoms with E-state index in [0.29, 0.717) is 19.8 Å². The average Bonchev–Trinajstić information content (AvgIpc) is 2.67. The number of nitrogens with zero attached hydrogens (tertiary/aromatic N) is 1. The van der Waals surface area contributed by atoms with Gasteiger partial charge in [-0.05, 0) is 22.0 Å². The lowest BCUT2D eigenvalue weighted by atomic mass is 10.1. The van der Waals surface area contributed by atoms with Crippen LogP contribution >= 0.6 is 15.9 Å². The molecule has 0 aliphatic carbocycles. The predicted octanol–water partition coefficient (Wildman–Crippen LogP) is 1.72. The molecule has 0 saturated carbocycles. The number of carbonyl (C=O) groups is 1. The Morgan fingerprint density at radius 2 is 2.47 bits per heavy atom. The van der Waals surface area contributed by atoms with Crippen LogP contribution in [0, 0.1) is 0 Å². The van der Waals surface area contributed by atoms with Gasteiger partial charge in [0.15, 0.2) is 0 Å². The van der Waals surface area contributed by atoms with E-state index in [4.69, 9.17) is 14.3 Å². The van der Waals surface area contributed by atoms with Crippen LogP contribution in [-0.2, 0) is 16.1 Å². The topological polar surface area (TPSA) is 62.9 Å². The Morgan fingerprint density at radius 3 is 3.12 bits per heavy atom. The van der Waals surface area contributed by atoms with E-state index in [1.165, 1.54) is 0 Å². The molecule has 2 heterocycles. The van der Waals surface area contributed by atoms with Crippen molar-refractivity contribution in [1.29, 1.82) is 0 Å². The van der Waals surface area contributed by atoms with E-state index in [1.54, 1.807) is 6.26 Å². The second-order valence-corrected chi connectivity index (χ2v) is 4.84. The molecular weight excluding hydrogens is 290 g/mol. The Labute approximate surface area is 107 Å². The van der Waals surface area contributed by atoms with Gasteiger partial charge >= 0.3 is 5.97 Å². The van der Waals surface area contributed by atoms with Gasteiger partial charge < -0.3 is 14.3 Å². The molecule has 2 rings (SSSR count). The first-order chi connectivity index (χ1) is 8.16. The number of carboxylic acid groups (broad SMARTS) is 1. The van der Waals surface area contributed by atoms with E-state index in [9.17, 15) is 4.79 Å². The molecule has 1 aliphatic rings. The fraction of sp³-hybridized carbons (Fsp3) is 0.545. The molecule has 1 N–H and O–H groups in total. The zero-order chi connectivity index (χ0) is 12.3. The van der Waals surface area contributed by atoms with E-state index < -0.39 is 5.97 Å². The third-order valence-corrected chi connectivity index (χ3v) is 3.50.